The fourth-order valence-electron chi connectivity index (χ4n) is 4.31. The lowest BCUT2D eigenvalue weighted by Gasteiger charge is -2.29. The summed E-state index contributed by atoms with van der Waals surface area (Å²) >= 11 is 1.25. The summed E-state index contributed by atoms with van der Waals surface area (Å²) < 4.78 is 0. The van der Waals surface area contributed by atoms with Gasteiger partial charge in [0.25, 0.3) is 5.91 Å². The molecule has 0 radical (unpaired) electrons. The SMILES string of the molecule is CC1=C(C(=O)Nc2ccccc2)C(c2ccccc2)C(C#N)=C(SCC(=O)Nc2ccc(C(C)C)cc2)N1. The fraction of sp³-hybridized carbons (Fsp3) is 0.194. The molecule has 0 spiro atoms. The van der Waals surface area contributed by atoms with Crippen LogP contribution in [-0.2, 0) is 9.59 Å². The summed E-state index contributed by atoms with van der Waals surface area (Å²) in [5.41, 5.74) is 4.94. The molecule has 0 saturated carbocycles. The second kappa shape index (κ2) is 12.3. The molecule has 7 heteroatoms. The lowest BCUT2D eigenvalue weighted by Crippen LogP contribution is -2.31. The molecule has 192 valence electrons. The number of rotatable bonds is 8. The van der Waals surface area contributed by atoms with E-state index in [9.17, 15) is 14.9 Å². The lowest BCUT2D eigenvalue weighted by atomic mass is 9.82. The van der Waals surface area contributed by atoms with Crippen molar-refractivity contribution >= 4 is 35.0 Å². The van der Waals surface area contributed by atoms with Crippen LogP contribution in [0.5, 0.6) is 0 Å². The molecule has 3 N–H and O–H groups in total. The summed E-state index contributed by atoms with van der Waals surface area (Å²) in [5, 5.41) is 19.9. The minimum Gasteiger partial charge on any atom is -0.353 e. The van der Waals surface area contributed by atoms with Crippen LogP contribution >= 0.6 is 11.8 Å². The number of benzene rings is 3. The Morgan fingerprint density at radius 1 is 0.921 bits per heavy atom. The average Bonchev–Trinajstić information content (AvgIpc) is 2.92. The molecule has 4 rings (SSSR count). The number of nitriles is 1. The third-order valence-corrected chi connectivity index (χ3v) is 7.28. The number of dihydropyridines is 1. The van der Waals surface area contributed by atoms with E-state index in [1.54, 1.807) is 0 Å². The van der Waals surface area contributed by atoms with E-state index in [-0.39, 0.29) is 17.6 Å². The number of thioether (sulfide) groups is 1. The second-order valence-electron chi connectivity index (χ2n) is 9.30. The molecule has 1 aliphatic rings. The highest BCUT2D eigenvalue weighted by Gasteiger charge is 2.34. The Morgan fingerprint density at radius 2 is 1.53 bits per heavy atom. The van der Waals surface area contributed by atoms with Gasteiger partial charge >= 0.3 is 0 Å². The summed E-state index contributed by atoms with van der Waals surface area (Å²) in [7, 11) is 0. The number of para-hydroxylation sites is 1. The lowest BCUT2D eigenvalue weighted by molar-refractivity contribution is -0.114. The van der Waals surface area contributed by atoms with E-state index in [1.807, 2.05) is 91.9 Å². The van der Waals surface area contributed by atoms with Crippen molar-refractivity contribution in [2.75, 3.05) is 16.4 Å². The Hall–Kier alpha value is -4.28. The van der Waals surface area contributed by atoms with Gasteiger partial charge < -0.3 is 16.0 Å². The first-order chi connectivity index (χ1) is 18.4. The zero-order valence-electron chi connectivity index (χ0n) is 21.6. The van der Waals surface area contributed by atoms with E-state index in [1.165, 1.54) is 17.3 Å². The first-order valence-corrected chi connectivity index (χ1v) is 13.4. The molecule has 0 fully saturated rings. The molecule has 2 amide bonds. The molecule has 1 atom stereocenters. The van der Waals surface area contributed by atoms with Crippen LogP contribution in [0.4, 0.5) is 11.4 Å². The van der Waals surface area contributed by atoms with Gasteiger partial charge in [-0.1, -0.05) is 86.3 Å². The maximum Gasteiger partial charge on any atom is 0.254 e. The fourth-order valence-corrected chi connectivity index (χ4v) is 5.20. The van der Waals surface area contributed by atoms with Crippen molar-refractivity contribution in [2.24, 2.45) is 0 Å². The van der Waals surface area contributed by atoms with E-state index in [0.29, 0.717) is 33.5 Å². The standard InChI is InChI=1S/C31H30N4O2S/c1-20(2)22-14-16-25(17-15-22)34-27(36)19-38-31-26(18-32)29(23-10-6-4-7-11-23)28(21(3)33-31)30(37)35-24-12-8-5-9-13-24/h4-17,20,29,33H,19H2,1-3H3,(H,34,36)(H,35,37). The van der Waals surface area contributed by atoms with Crippen LogP contribution in [0.25, 0.3) is 0 Å². The van der Waals surface area contributed by atoms with Crippen molar-refractivity contribution in [3.05, 3.63) is 118 Å². The molecule has 1 heterocycles. The first kappa shape index (κ1) is 26.8. The molecule has 0 saturated heterocycles. The van der Waals surface area contributed by atoms with Crippen molar-refractivity contribution in [3.8, 4) is 6.07 Å². The van der Waals surface area contributed by atoms with Crippen molar-refractivity contribution in [3.63, 3.8) is 0 Å². The summed E-state index contributed by atoms with van der Waals surface area (Å²) in [4.78, 5) is 26.2. The van der Waals surface area contributed by atoms with Gasteiger partial charge in [0.05, 0.1) is 28.3 Å². The highest BCUT2D eigenvalue weighted by atomic mass is 32.2. The maximum absolute atomic E-state index is 13.5. The van der Waals surface area contributed by atoms with Gasteiger partial charge in [0, 0.05) is 22.6 Å². The zero-order valence-corrected chi connectivity index (χ0v) is 22.4. The summed E-state index contributed by atoms with van der Waals surface area (Å²) in [5.74, 6) is -0.503. The van der Waals surface area contributed by atoms with Crippen LogP contribution in [0.3, 0.4) is 0 Å². The van der Waals surface area contributed by atoms with Crippen LogP contribution < -0.4 is 16.0 Å². The van der Waals surface area contributed by atoms with Gasteiger partial charge in [0.1, 0.15) is 0 Å². The summed E-state index contributed by atoms with van der Waals surface area (Å²) in [6, 6.07) is 28.8. The number of nitrogens with one attached hydrogen (secondary N) is 3. The molecule has 38 heavy (non-hydrogen) atoms. The number of carbonyl (C=O) groups is 2. The van der Waals surface area contributed by atoms with E-state index in [0.717, 1.165) is 11.3 Å². The number of amides is 2. The van der Waals surface area contributed by atoms with E-state index in [2.05, 4.69) is 35.9 Å². The number of nitrogens with zero attached hydrogens (tertiary/aromatic N) is 1. The molecule has 1 unspecified atom stereocenters. The minimum absolute atomic E-state index is 0.111. The van der Waals surface area contributed by atoms with Crippen LogP contribution in [0, 0.1) is 11.3 Å². The maximum atomic E-state index is 13.5. The Kier molecular flexibility index (Phi) is 8.67. The van der Waals surface area contributed by atoms with E-state index >= 15 is 0 Å². The molecule has 3 aromatic carbocycles. The van der Waals surface area contributed by atoms with Gasteiger partial charge in [-0.25, -0.2) is 0 Å². The van der Waals surface area contributed by atoms with Crippen LogP contribution in [0.2, 0.25) is 0 Å². The van der Waals surface area contributed by atoms with Crippen molar-refractivity contribution in [1.82, 2.24) is 5.32 Å². The third kappa shape index (κ3) is 6.34. The minimum atomic E-state index is -0.569. The number of carbonyl (C=O) groups excluding carboxylic acids is 2. The number of hydrogen-bond donors (Lipinski definition) is 3. The van der Waals surface area contributed by atoms with Gasteiger partial charge in [0.15, 0.2) is 0 Å². The topological polar surface area (TPSA) is 94.0 Å². The van der Waals surface area contributed by atoms with E-state index < -0.39 is 5.92 Å². The number of anilines is 2. The smallest absolute Gasteiger partial charge is 0.254 e. The van der Waals surface area contributed by atoms with E-state index in [4.69, 9.17) is 0 Å². The molecule has 0 bridgehead atoms. The summed E-state index contributed by atoms with van der Waals surface area (Å²) in [6.45, 7) is 6.07. The largest absolute Gasteiger partial charge is 0.353 e. The Bertz CT molecular complexity index is 1410. The second-order valence-corrected chi connectivity index (χ2v) is 10.3. The Labute approximate surface area is 227 Å². The van der Waals surface area contributed by atoms with Gasteiger partial charge in [-0.3, -0.25) is 9.59 Å². The molecule has 3 aromatic rings. The highest BCUT2D eigenvalue weighted by molar-refractivity contribution is 8.03. The third-order valence-electron chi connectivity index (χ3n) is 6.27. The Balaban J connectivity index is 1.56. The molecule has 1 aliphatic heterocycles. The van der Waals surface area contributed by atoms with Crippen LogP contribution in [-0.4, -0.2) is 17.6 Å². The zero-order chi connectivity index (χ0) is 27.1. The number of allylic oxidation sites excluding steroid dienone is 2. The van der Waals surface area contributed by atoms with Crippen LogP contribution in [0.1, 0.15) is 43.7 Å². The molecular formula is C31H30N4O2S. The van der Waals surface area contributed by atoms with Crippen LogP contribution in [0.15, 0.2) is 107 Å². The Morgan fingerprint density at radius 3 is 2.13 bits per heavy atom. The van der Waals surface area contributed by atoms with Crippen molar-refractivity contribution in [1.29, 1.82) is 5.26 Å². The molecule has 0 aliphatic carbocycles. The predicted molar refractivity (Wildman–Crippen MR) is 154 cm³/mol. The van der Waals surface area contributed by atoms with Crippen molar-refractivity contribution < 1.29 is 9.59 Å². The van der Waals surface area contributed by atoms with Gasteiger partial charge in [-0.05, 0) is 48.2 Å². The quantitative estimate of drug-likeness (QED) is 0.313. The summed E-state index contributed by atoms with van der Waals surface area (Å²) in [6.07, 6.45) is 0. The molecular weight excluding hydrogens is 492 g/mol. The highest BCUT2D eigenvalue weighted by Crippen LogP contribution is 2.41. The molecule has 6 nitrogen and oxygen atoms in total. The first-order valence-electron chi connectivity index (χ1n) is 12.4. The molecule has 0 aromatic heterocycles. The van der Waals surface area contributed by atoms with Gasteiger partial charge in [-0.15, -0.1) is 0 Å². The predicted octanol–water partition coefficient (Wildman–Crippen LogP) is 6.52. The number of hydrogen-bond acceptors (Lipinski definition) is 5. The van der Waals surface area contributed by atoms with Crippen molar-refractivity contribution in [2.45, 2.75) is 32.6 Å². The van der Waals surface area contributed by atoms with Gasteiger partial charge in [0.2, 0.25) is 5.91 Å². The normalized spacial score (nSPS) is 15.1. The monoisotopic (exact) mass is 522 g/mol. The van der Waals surface area contributed by atoms with Gasteiger partial charge in [-0.2, -0.15) is 5.26 Å². The average molecular weight is 523 g/mol.